The second-order valence-corrected chi connectivity index (χ2v) is 6.06. The molecule has 1 fully saturated rings. The first kappa shape index (κ1) is 17.9. The van der Waals surface area contributed by atoms with Gasteiger partial charge in [0.05, 0.1) is 12.2 Å². The predicted octanol–water partition coefficient (Wildman–Crippen LogP) is 2.96. The fraction of sp³-hybridized carbons (Fsp3) is 0.300. The molecule has 2 N–H and O–H groups in total. The molecule has 1 heterocycles. The van der Waals surface area contributed by atoms with E-state index in [0.29, 0.717) is 43.2 Å². The molecule has 1 aliphatic heterocycles. The van der Waals surface area contributed by atoms with E-state index in [-0.39, 0.29) is 24.3 Å². The van der Waals surface area contributed by atoms with Gasteiger partial charge in [0.15, 0.2) is 5.75 Å². The molecule has 0 radical (unpaired) electrons. The number of amides is 2. The molecule has 0 unspecified atom stereocenters. The van der Waals surface area contributed by atoms with Gasteiger partial charge >= 0.3 is 0 Å². The number of para-hydroxylation sites is 3. The summed E-state index contributed by atoms with van der Waals surface area (Å²) in [5.74, 6) is 0.752. The lowest BCUT2D eigenvalue weighted by molar-refractivity contribution is -0.129. The van der Waals surface area contributed by atoms with Crippen LogP contribution in [0.4, 0.5) is 5.69 Å². The molecule has 0 atom stereocenters. The number of rotatable bonds is 6. The van der Waals surface area contributed by atoms with Crippen molar-refractivity contribution in [2.45, 2.75) is 12.8 Å². The minimum absolute atomic E-state index is 0.0735. The molecule has 136 valence electrons. The average molecular weight is 354 g/mol. The van der Waals surface area contributed by atoms with Crippen molar-refractivity contribution < 1.29 is 19.1 Å². The minimum atomic E-state index is -0.297. The minimum Gasteiger partial charge on any atom is -0.455 e. The molecule has 2 aromatic carbocycles. The first-order valence-electron chi connectivity index (χ1n) is 8.69. The topological polar surface area (TPSA) is 76.7 Å². The van der Waals surface area contributed by atoms with Crippen LogP contribution in [0.25, 0.3) is 0 Å². The third-order valence-corrected chi connectivity index (χ3v) is 4.15. The van der Waals surface area contributed by atoms with E-state index >= 15 is 0 Å². The van der Waals surface area contributed by atoms with Crippen LogP contribution in [-0.2, 0) is 14.3 Å². The highest BCUT2D eigenvalue weighted by atomic mass is 16.5. The Morgan fingerprint density at radius 1 is 1.00 bits per heavy atom. The summed E-state index contributed by atoms with van der Waals surface area (Å²) in [5, 5.41) is 5.48. The number of hydrogen-bond donors (Lipinski definition) is 2. The Morgan fingerprint density at radius 3 is 2.46 bits per heavy atom. The lowest BCUT2D eigenvalue weighted by atomic mass is 9.99. The molecule has 6 nitrogen and oxygen atoms in total. The molecule has 6 heteroatoms. The summed E-state index contributed by atoms with van der Waals surface area (Å²) >= 11 is 0. The van der Waals surface area contributed by atoms with Crippen LogP contribution in [0.1, 0.15) is 12.8 Å². The Labute approximate surface area is 152 Å². The van der Waals surface area contributed by atoms with Crippen molar-refractivity contribution in [3.63, 3.8) is 0 Å². The molecule has 3 rings (SSSR count). The zero-order valence-electron chi connectivity index (χ0n) is 14.4. The summed E-state index contributed by atoms with van der Waals surface area (Å²) < 4.78 is 11.1. The van der Waals surface area contributed by atoms with Crippen LogP contribution in [0.3, 0.4) is 0 Å². The van der Waals surface area contributed by atoms with Crippen molar-refractivity contribution >= 4 is 17.5 Å². The first-order valence-corrected chi connectivity index (χ1v) is 8.69. The maximum Gasteiger partial charge on any atom is 0.243 e. The quantitative estimate of drug-likeness (QED) is 0.836. The fourth-order valence-corrected chi connectivity index (χ4v) is 2.74. The van der Waals surface area contributed by atoms with Gasteiger partial charge < -0.3 is 20.1 Å². The van der Waals surface area contributed by atoms with Gasteiger partial charge in [-0.15, -0.1) is 0 Å². The van der Waals surface area contributed by atoms with E-state index in [1.54, 1.807) is 12.1 Å². The molecule has 26 heavy (non-hydrogen) atoms. The number of ether oxygens (including phenoxy) is 2. The van der Waals surface area contributed by atoms with Crippen LogP contribution in [0.15, 0.2) is 54.6 Å². The maximum absolute atomic E-state index is 12.2. The van der Waals surface area contributed by atoms with Crippen LogP contribution < -0.4 is 15.4 Å². The standard InChI is InChI=1S/C20H22N2O4/c23-19(14-21-20(24)15-10-12-25-13-11-15)22-17-8-4-5-9-18(17)26-16-6-2-1-3-7-16/h1-9,15H,10-14H2,(H,21,24)(H,22,23). The van der Waals surface area contributed by atoms with Crippen LogP contribution in [0.2, 0.25) is 0 Å². The van der Waals surface area contributed by atoms with Crippen molar-refractivity contribution in [1.82, 2.24) is 5.32 Å². The number of benzene rings is 2. The van der Waals surface area contributed by atoms with Gasteiger partial charge in [-0.1, -0.05) is 30.3 Å². The average Bonchev–Trinajstić information content (AvgIpc) is 2.69. The number of nitrogens with one attached hydrogen (secondary N) is 2. The largest absolute Gasteiger partial charge is 0.455 e. The number of anilines is 1. The van der Waals surface area contributed by atoms with Gasteiger partial charge in [-0.2, -0.15) is 0 Å². The van der Waals surface area contributed by atoms with E-state index in [4.69, 9.17) is 9.47 Å². The Kier molecular flexibility index (Phi) is 6.22. The van der Waals surface area contributed by atoms with Gasteiger partial charge in [-0.25, -0.2) is 0 Å². The molecule has 2 aromatic rings. The van der Waals surface area contributed by atoms with Crippen LogP contribution in [-0.4, -0.2) is 31.6 Å². The summed E-state index contributed by atoms with van der Waals surface area (Å²) in [6.45, 7) is 1.11. The molecule has 0 aliphatic carbocycles. The zero-order valence-corrected chi connectivity index (χ0v) is 14.4. The van der Waals surface area contributed by atoms with E-state index in [1.807, 2.05) is 42.5 Å². The van der Waals surface area contributed by atoms with Gasteiger partial charge in [0.1, 0.15) is 5.75 Å². The number of carbonyl (C=O) groups excluding carboxylic acids is 2. The Bertz CT molecular complexity index is 742. The lowest BCUT2D eigenvalue weighted by Gasteiger charge is -2.21. The Morgan fingerprint density at radius 2 is 1.69 bits per heavy atom. The normalized spacial score (nSPS) is 14.5. The van der Waals surface area contributed by atoms with Crippen molar-refractivity contribution in [2.24, 2.45) is 5.92 Å². The smallest absolute Gasteiger partial charge is 0.243 e. The maximum atomic E-state index is 12.2. The molecule has 0 bridgehead atoms. The number of carbonyl (C=O) groups is 2. The molecule has 0 aromatic heterocycles. The van der Waals surface area contributed by atoms with Gasteiger partial charge in [0.2, 0.25) is 11.8 Å². The second-order valence-electron chi connectivity index (χ2n) is 6.06. The third kappa shape index (κ3) is 5.07. The second kappa shape index (κ2) is 9.01. The first-order chi connectivity index (χ1) is 12.7. The summed E-state index contributed by atoms with van der Waals surface area (Å²) in [6, 6.07) is 16.5. The highest BCUT2D eigenvalue weighted by molar-refractivity contribution is 5.96. The van der Waals surface area contributed by atoms with E-state index in [0.717, 1.165) is 0 Å². The molecule has 0 saturated carbocycles. The van der Waals surface area contributed by atoms with Crippen molar-refractivity contribution in [1.29, 1.82) is 0 Å². The Hall–Kier alpha value is -2.86. The van der Waals surface area contributed by atoms with Crippen molar-refractivity contribution in [3.05, 3.63) is 54.6 Å². The molecule has 1 aliphatic rings. The third-order valence-electron chi connectivity index (χ3n) is 4.15. The lowest BCUT2D eigenvalue weighted by Crippen LogP contribution is -2.38. The molecular formula is C20H22N2O4. The number of hydrogen-bond acceptors (Lipinski definition) is 4. The summed E-state index contributed by atoms with van der Waals surface area (Å²) in [4.78, 5) is 24.3. The molecule has 0 spiro atoms. The summed E-state index contributed by atoms with van der Waals surface area (Å²) in [7, 11) is 0. The Balaban J connectivity index is 1.55. The molecule has 1 saturated heterocycles. The molecule has 2 amide bonds. The molecular weight excluding hydrogens is 332 g/mol. The van der Waals surface area contributed by atoms with E-state index in [2.05, 4.69) is 10.6 Å². The van der Waals surface area contributed by atoms with Crippen LogP contribution >= 0.6 is 0 Å². The monoisotopic (exact) mass is 354 g/mol. The summed E-state index contributed by atoms with van der Waals surface area (Å²) in [6.07, 6.45) is 1.39. The van der Waals surface area contributed by atoms with E-state index < -0.39 is 0 Å². The predicted molar refractivity (Wildman–Crippen MR) is 98.1 cm³/mol. The SMILES string of the molecule is O=C(CNC(=O)C1CCOCC1)Nc1ccccc1Oc1ccccc1. The highest BCUT2D eigenvalue weighted by Gasteiger charge is 2.21. The summed E-state index contributed by atoms with van der Waals surface area (Å²) in [5.41, 5.74) is 0.557. The highest BCUT2D eigenvalue weighted by Crippen LogP contribution is 2.28. The van der Waals surface area contributed by atoms with E-state index in [1.165, 1.54) is 0 Å². The van der Waals surface area contributed by atoms with Gasteiger partial charge in [-0.05, 0) is 37.1 Å². The van der Waals surface area contributed by atoms with Crippen molar-refractivity contribution in [2.75, 3.05) is 25.1 Å². The van der Waals surface area contributed by atoms with Crippen LogP contribution in [0.5, 0.6) is 11.5 Å². The van der Waals surface area contributed by atoms with Gasteiger partial charge in [-0.3, -0.25) is 9.59 Å². The van der Waals surface area contributed by atoms with Gasteiger partial charge in [0, 0.05) is 19.1 Å². The fourth-order valence-electron chi connectivity index (χ4n) is 2.74. The van der Waals surface area contributed by atoms with Crippen LogP contribution in [0, 0.1) is 5.92 Å². The van der Waals surface area contributed by atoms with Crippen molar-refractivity contribution in [3.8, 4) is 11.5 Å². The van der Waals surface area contributed by atoms with Gasteiger partial charge in [0.25, 0.3) is 0 Å². The van der Waals surface area contributed by atoms with E-state index in [9.17, 15) is 9.59 Å². The zero-order chi connectivity index (χ0) is 18.2.